The Labute approximate surface area is 112 Å². The van der Waals surface area contributed by atoms with E-state index in [1.54, 1.807) is 0 Å². The smallest absolute Gasteiger partial charge is 0.312 e. The van der Waals surface area contributed by atoms with Gasteiger partial charge in [0.15, 0.2) is 22.0 Å². The quantitative estimate of drug-likeness (QED) is 0.455. The lowest BCUT2D eigenvalue weighted by atomic mass is 10.2. The monoisotopic (exact) mass is 328 g/mol. The number of carbonyl (C=O) groups excluding carboxylic acids is 2. The van der Waals surface area contributed by atoms with Gasteiger partial charge in [-0.2, -0.15) is 16.8 Å². The molecule has 2 saturated heterocycles. The predicted octanol–water partition coefficient (Wildman–Crippen LogP) is -1.40. The highest BCUT2D eigenvalue weighted by Gasteiger charge is 2.49. The van der Waals surface area contributed by atoms with E-state index in [0.717, 1.165) is 0 Å². The molecule has 2 N–H and O–H groups in total. The van der Waals surface area contributed by atoms with Crippen LogP contribution in [0.3, 0.4) is 0 Å². The first-order valence-electron chi connectivity index (χ1n) is 5.08. The molecule has 2 rings (SSSR count). The first-order chi connectivity index (χ1) is 9.00. The van der Waals surface area contributed by atoms with E-state index in [9.17, 15) is 26.4 Å². The first kappa shape index (κ1) is 14.9. The van der Waals surface area contributed by atoms with Gasteiger partial charge >= 0.3 is 11.9 Å². The Kier molecular flexibility index (Phi) is 3.36. The van der Waals surface area contributed by atoms with Crippen LogP contribution in [0.25, 0.3) is 0 Å². The zero-order valence-electron chi connectivity index (χ0n) is 9.55. The minimum Gasteiger partial charge on any atom is -0.426 e. The van der Waals surface area contributed by atoms with Crippen LogP contribution in [0.5, 0.6) is 0 Å². The number of esters is 2. The molecule has 2 aliphatic heterocycles. The first-order valence-corrected chi connectivity index (χ1v) is 8.09. The summed E-state index contributed by atoms with van der Waals surface area (Å²) in [5.41, 5.74) is 0. The van der Waals surface area contributed by atoms with E-state index in [4.69, 9.17) is 9.11 Å². The summed E-state index contributed by atoms with van der Waals surface area (Å²) in [6.07, 6.45) is -1.51. The largest absolute Gasteiger partial charge is 0.426 e. The van der Waals surface area contributed by atoms with Crippen molar-refractivity contribution in [3.63, 3.8) is 0 Å². The zero-order valence-corrected chi connectivity index (χ0v) is 11.2. The number of rotatable bonds is 2. The topological polar surface area (TPSA) is 161 Å². The highest BCUT2D eigenvalue weighted by molar-refractivity contribution is 7.87. The van der Waals surface area contributed by atoms with Crippen LogP contribution in [0.15, 0.2) is 11.5 Å². The lowest BCUT2D eigenvalue weighted by Gasteiger charge is -2.11. The summed E-state index contributed by atoms with van der Waals surface area (Å²) in [5, 5.41) is -3.75. The summed E-state index contributed by atoms with van der Waals surface area (Å²) in [6.45, 7) is 0. The molecule has 12 heteroatoms. The van der Waals surface area contributed by atoms with Crippen LogP contribution in [-0.2, 0) is 39.3 Å². The van der Waals surface area contributed by atoms with Gasteiger partial charge in [0.05, 0.1) is 12.8 Å². The Morgan fingerprint density at radius 1 is 0.800 bits per heavy atom. The molecule has 0 saturated carbocycles. The van der Waals surface area contributed by atoms with Gasteiger partial charge in [-0.15, -0.1) is 0 Å². The molecule has 0 aromatic heterocycles. The van der Waals surface area contributed by atoms with E-state index < -0.39 is 67.0 Å². The molecular weight excluding hydrogens is 320 g/mol. The van der Waals surface area contributed by atoms with E-state index in [0.29, 0.717) is 0 Å². The zero-order chi connectivity index (χ0) is 15.3. The van der Waals surface area contributed by atoms with Crippen molar-refractivity contribution in [2.45, 2.75) is 23.3 Å². The van der Waals surface area contributed by atoms with Gasteiger partial charge in [-0.1, -0.05) is 0 Å². The van der Waals surface area contributed by atoms with E-state index >= 15 is 0 Å². The second-order valence-electron chi connectivity index (χ2n) is 4.09. The molecule has 10 nitrogen and oxygen atoms in total. The van der Waals surface area contributed by atoms with Gasteiger partial charge in [-0.3, -0.25) is 18.7 Å². The molecule has 0 aromatic carbocycles. The van der Waals surface area contributed by atoms with E-state index in [1.807, 2.05) is 0 Å². The number of carbonyl (C=O) groups is 2. The fourth-order valence-corrected chi connectivity index (χ4v) is 3.41. The van der Waals surface area contributed by atoms with Crippen molar-refractivity contribution in [2.75, 3.05) is 0 Å². The number of hydrogen-bond acceptors (Lipinski definition) is 8. The third-order valence-corrected chi connectivity index (χ3v) is 4.90. The molecular formula is C8H8O10S2. The number of ether oxygens (including phenoxy) is 2. The van der Waals surface area contributed by atoms with E-state index in [-0.39, 0.29) is 0 Å². The highest BCUT2D eigenvalue weighted by atomic mass is 32.2. The second-order valence-corrected chi connectivity index (χ2v) is 7.29. The van der Waals surface area contributed by atoms with Crippen LogP contribution in [0, 0.1) is 0 Å². The molecule has 0 aromatic rings. The van der Waals surface area contributed by atoms with Crippen molar-refractivity contribution >= 4 is 32.2 Å². The van der Waals surface area contributed by atoms with Crippen LogP contribution >= 0.6 is 0 Å². The molecule has 2 aliphatic rings. The summed E-state index contributed by atoms with van der Waals surface area (Å²) in [5.74, 6) is -3.70. The van der Waals surface area contributed by atoms with Crippen molar-refractivity contribution in [1.29, 1.82) is 0 Å². The van der Waals surface area contributed by atoms with Crippen molar-refractivity contribution < 1.29 is 45.0 Å². The molecule has 0 radical (unpaired) electrons. The van der Waals surface area contributed by atoms with E-state index in [1.165, 1.54) is 0 Å². The summed E-state index contributed by atoms with van der Waals surface area (Å²) < 4.78 is 71.4. The maximum Gasteiger partial charge on any atom is 0.312 e. The van der Waals surface area contributed by atoms with Crippen LogP contribution in [0.1, 0.15) is 12.8 Å². The third-order valence-electron chi connectivity index (χ3n) is 2.70. The fraction of sp³-hybridized carbons (Fsp3) is 0.500. The molecule has 2 fully saturated rings. The van der Waals surface area contributed by atoms with Gasteiger partial charge in [0.25, 0.3) is 20.2 Å². The number of cyclic esters (lactones) is 2. The van der Waals surface area contributed by atoms with Crippen molar-refractivity contribution in [3.8, 4) is 0 Å². The summed E-state index contributed by atoms with van der Waals surface area (Å²) in [4.78, 5) is 22.2. The molecule has 0 bridgehead atoms. The summed E-state index contributed by atoms with van der Waals surface area (Å²) >= 11 is 0. The Hall–Kier alpha value is -1.50. The number of hydrogen-bond donors (Lipinski definition) is 2. The van der Waals surface area contributed by atoms with Crippen LogP contribution in [-0.4, -0.2) is 48.4 Å². The Morgan fingerprint density at radius 3 is 1.35 bits per heavy atom. The molecule has 0 spiro atoms. The molecule has 0 amide bonds. The Morgan fingerprint density at radius 2 is 1.10 bits per heavy atom. The van der Waals surface area contributed by atoms with Gasteiger partial charge in [0.2, 0.25) is 0 Å². The van der Waals surface area contributed by atoms with Gasteiger partial charge < -0.3 is 9.47 Å². The Balaban J connectivity index is 2.59. The van der Waals surface area contributed by atoms with Crippen LogP contribution in [0.4, 0.5) is 0 Å². The van der Waals surface area contributed by atoms with Crippen molar-refractivity contribution in [2.24, 2.45) is 0 Å². The molecule has 20 heavy (non-hydrogen) atoms. The summed E-state index contributed by atoms with van der Waals surface area (Å²) in [7, 11) is -9.56. The second kappa shape index (κ2) is 4.51. The SMILES string of the molecule is O=C1CC(S(=O)(=O)O)/C(=C2\OC(=O)CC2S(=O)(=O)O)O1. The van der Waals surface area contributed by atoms with Crippen LogP contribution in [0.2, 0.25) is 0 Å². The van der Waals surface area contributed by atoms with Crippen molar-refractivity contribution in [1.82, 2.24) is 0 Å². The third kappa shape index (κ3) is 2.67. The van der Waals surface area contributed by atoms with Gasteiger partial charge in [0, 0.05) is 0 Å². The summed E-state index contributed by atoms with van der Waals surface area (Å²) in [6, 6.07) is 0. The molecule has 2 atom stereocenters. The average Bonchev–Trinajstić information content (AvgIpc) is 2.79. The minimum absolute atomic E-state index is 0.757. The maximum atomic E-state index is 11.1. The highest BCUT2D eigenvalue weighted by Crippen LogP contribution is 2.35. The average molecular weight is 328 g/mol. The normalized spacial score (nSPS) is 31.3. The van der Waals surface area contributed by atoms with Gasteiger partial charge in [-0.05, 0) is 0 Å². The Bertz CT molecular complexity index is 650. The fourth-order valence-electron chi connectivity index (χ4n) is 1.85. The molecule has 112 valence electrons. The standard InChI is InChI=1S/C8H8O10S2/c9-5-1-3(19(11,12)13)7(17-5)8-4(20(14,15)16)2-6(10)18-8/h3-4H,1-2H2,(H,11,12,13)(H,14,15,16)/b8-7+. The predicted molar refractivity (Wildman–Crippen MR) is 59.1 cm³/mol. The molecule has 0 aliphatic carbocycles. The minimum atomic E-state index is -4.78. The van der Waals surface area contributed by atoms with Gasteiger partial charge in [0.1, 0.15) is 0 Å². The van der Waals surface area contributed by atoms with Crippen molar-refractivity contribution in [3.05, 3.63) is 11.5 Å². The lowest BCUT2D eigenvalue weighted by Crippen LogP contribution is -2.25. The van der Waals surface area contributed by atoms with Gasteiger partial charge in [-0.25, -0.2) is 0 Å². The molecule has 2 unspecified atom stereocenters. The lowest BCUT2D eigenvalue weighted by molar-refractivity contribution is -0.138. The molecule has 2 heterocycles. The van der Waals surface area contributed by atoms with Crippen LogP contribution < -0.4 is 0 Å². The van der Waals surface area contributed by atoms with E-state index in [2.05, 4.69) is 9.47 Å². The maximum absolute atomic E-state index is 11.1.